The molecule has 7 nitrogen and oxygen atoms in total. The van der Waals surface area contributed by atoms with Crippen LogP contribution in [0.2, 0.25) is 0 Å². The Labute approximate surface area is 201 Å². The molecule has 0 aliphatic carbocycles. The van der Waals surface area contributed by atoms with E-state index >= 15 is 0 Å². The van der Waals surface area contributed by atoms with Gasteiger partial charge < -0.3 is 20.2 Å². The van der Waals surface area contributed by atoms with Crippen molar-refractivity contribution in [3.63, 3.8) is 0 Å². The Morgan fingerprint density at radius 1 is 0.853 bits per heavy atom. The van der Waals surface area contributed by atoms with E-state index in [2.05, 4.69) is 10.6 Å². The van der Waals surface area contributed by atoms with Gasteiger partial charge in [-0.25, -0.2) is 4.79 Å². The summed E-state index contributed by atoms with van der Waals surface area (Å²) in [5.74, 6) is -2.32. The van der Waals surface area contributed by atoms with Crippen LogP contribution in [0.5, 0.6) is 0 Å². The average Bonchev–Trinajstić information content (AvgIpc) is 2.84. The van der Waals surface area contributed by atoms with Crippen LogP contribution in [-0.4, -0.2) is 43.3 Å². The Hall–Kier alpha value is -3.48. The number of benzene rings is 2. The minimum absolute atomic E-state index is 0.0979. The highest BCUT2D eigenvalue weighted by Crippen LogP contribution is 2.12. The largest absolute Gasteiger partial charge is 0.467 e. The van der Waals surface area contributed by atoms with Crippen LogP contribution in [0.4, 0.5) is 0 Å². The number of hydrogen-bond acceptors (Lipinski definition) is 5. The number of methoxy groups -OCH3 is 1. The molecule has 182 valence electrons. The smallest absolute Gasteiger partial charge is 0.328 e. The quantitative estimate of drug-likeness (QED) is 0.269. The summed E-state index contributed by atoms with van der Waals surface area (Å²) in [6.07, 6.45) is 2.15. The molecule has 0 fully saturated rings. The highest BCUT2D eigenvalue weighted by molar-refractivity contribution is 5.96. The molecule has 2 aromatic rings. The van der Waals surface area contributed by atoms with Crippen LogP contribution >= 0.6 is 0 Å². The van der Waals surface area contributed by atoms with E-state index in [0.29, 0.717) is 25.5 Å². The Balaban J connectivity index is 2.07. The van der Waals surface area contributed by atoms with E-state index in [0.717, 1.165) is 11.1 Å². The minimum Gasteiger partial charge on any atom is -0.467 e. The van der Waals surface area contributed by atoms with Crippen molar-refractivity contribution in [3.05, 3.63) is 71.8 Å². The second kappa shape index (κ2) is 13.9. The third-order valence-electron chi connectivity index (χ3n) is 5.51. The first-order valence-corrected chi connectivity index (χ1v) is 11.6. The average molecular weight is 467 g/mol. The van der Waals surface area contributed by atoms with Gasteiger partial charge in [-0.1, -0.05) is 74.5 Å². The van der Waals surface area contributed by atoms with E-state index in [1.165, 1.54) is 7.11 Å². The van der Waals surface area contributed by atoms with Crippen molar-refractivity contribution < 1.29 is 23.9 Å². The van der Waals surface area contributed by atoms with Gasteiger partial charge >= 0.3 is 5.97 Å². The molecular weight excluding hydrogens is 432 g/mol. The number of esters is 1. The van der Waals surface area contributed by atoms with E-state index in [1.54, 1.807) is 0 Å². The third-order valence-corrected chi connectivity index (χ3v) is 5.51. The molecule has 2 amide bonds. The number of aryl methyl sites for hydroxylation is 1. The van der Waals surface area contributed by atoms with Crippen molar-refractivity contribution in [3.8, 4) is 0 Å². The zero-order chi connectivity index (χ0) is 24.9. The first kappa shape index (κ1) is 26.8. The highest BCUT2D eigenvalue weighted by Gasteiger charge is 2.30. The predicted molar refractivity (Wildman–Crippen MR) is 130 cm³/mol. The number of hydrogen-bond donors (Lipinski definition) is 2. The van der Waals surface area contributed by atoms with E-state index in [9.17, 15) is 19.2 Å². The molecule has 2 N–H and O–H groups in total. The van der Waals surface area contributed by atoms with E-state index in [-0.39, 0.29) is 12.3 Å². The monoisotopic (exact) mass is 466 g/mol. The SMILES string of the molecule is COC(=O)[C@H](Cc1ccccc1)NC(=O)[C@H](CC(C)C)NC(=O)[C@@H](C=O)CCc1ccccc1. The van der Waals surface area contributed by atoms with Gasteiger partial charge in [-0.2, -0.15) is 0 Å². The molecule has 2 aromatic carbocycles. The second-order valence-electron chi connectivity index (χ2n) is 8.73. The van der Waals surface area contributed by atoms with Crippen molar-refractivity contribution in [2.24, 2.45) is 11.8 Å². The van der Waals surface area contributed by atoms with Gasteiger partial charge in [0.15, 0.2) is 0 Å². The summed E-state index contributed by atoms with van der Waals surface area (Å²) in [5, 5.41) is 5.45. The van der Waals surface area contributed by atoms with E-state index in [4.69, 9.17) is 4.74 Å². The van der Waals surface area contributed by atoms with E-state index < -0.39 is 35.8 Å². The summed E-state index contributed by atoms with van der Waals surface area (Å²) in [5.41, 5.74) is 1.89. The number of rotatable bonds is 13. The maximum atomic E-state index is 13.1. The maximum Gasteiger partial charge on any atom is 0.328 e. The molecule has 0 aliphatic rings. The van der Waals surface area contributed by atoms with Gasteiger partial charge in [-0.05, 0) is 36.3 Å². The zero-order valence-electron chi connectivity index (χ0n) is 20.0. The van der Waals surface area contributed by atoms with Gasteiger partial charge in [0.2, 0.25) is 11.8 Å². The molecule has 3 atom stereocenters. The van der Waals surface area contributed by atoms with Crippen molar-refractivity contribution in [1.29, 1.82) is 0 Å². The summed E-state index contributed by atoms with van der Waals surface area (Å²) < 4.78 is 4.87. The first-order chi connectivity index (χ1) is 16.3. The van der Waals surface area contributed by atoms with Crippen LogP contribution < -0.4 is 10.6 Å². The van der Waals surface area contributed by atoms with Crippen LogP contribution in [0.25, 0.3) is 0 Å². The van der Waals surface area contributed by atoms with Crippen LogP contribution in [0.1, 0.15) is 37.8 Å². The Bertz CT molecular complexity index is 931. The van der Waals surface area contributed by atoms with E-state index in [1.807, 2.05) is 74.5 Å². The van der Waals surface area contributed by atoms with Gasteiger partial charge in [0, 0.05) is 6.42 Å². The molecule has 2 rings (SSSR count). The lowest BCUT2D eigenvalue weighted by Gasteiger charge is -2.24. The van der Waals surface area contributed by atoms with Gasteiger partial charge in [0.05, 0.1) is 13.0 Å². The predicted octanol–water partition coefficient (Wildman–Crippen LogP) is 2.87. The fourth-order valence-corrected chi connectivity index (χ4v) is 3.67. The topological polar surface area (TPSA) is 102 Å². The molecular formula is C27H34N2O5. The molecule has 0 aromatic heterocycles. The summed E-state index contributed by atoms with van der Waals surface area (Å²) in [7, 11) is 1.27. The molecule has 0 heterocycles. The van der Waals surface area contributed by atoms with Gasteiger partial charge in [0.25, 0.3) is 0 Å². The lowest BCUT2D eigenvalue weighted by molar-refractivity contribution is -0.145. The summed E-state index contributed by atoms with van der Waals surface area (Å²) >= 11 is 0. The number of carbonyl (C=O) groups is 4. The van der Waals surface area contributed by atoms with Crippen molar-refractivity contribution >= 4 is 24.1 Å². The number of ether oxygens (including phenoxy) is 1. The van der Waals surface area contributed by atoms with Crippen LogP contribution in [0.3, 0.4) is 0 Å². The van der Waals surface area contributed by atoms with Crippen molar-refractivity contribution in [1.82, 2.24) is 10.6 Å². The third kappa shape index (κ3) is 8.81. The zero-order valence-corrected chi connectivity index (χ0v) is 20.0. The molecule has 34 heavy (non-hydrogen) atoms. The lowest BCUT2D eigenvalue weighted by atomic mass is 9.97. The Kier molecular flexibility index (Phi) is 11.0. The maximum absolute atomic E-state index is 13.1. The molecule has 0 aliphatic heterocycles. The molecule has 0 saturated heterocycles. The number of nitrogens with one attached hydrogen (secondary N) is 2. The standard InChI is InChI=1S/C27H34N2O5/c1-19(2)16-23(28-25(31)22(18-30)15-14-20-10-6-4-7-11-20)26(32)29-24(27(33)34-3)17-21-12-8-5-9-13-21/h4-13,18-19,22-24H,14-17H2,1-3H3,(H,28,31)(H,29,32)/t22-,23+,24+/m1/s1. The Morgan fingerprint density at radius 3 is 1.94 bits per heavy atom. The number of aldehydes is 1. The highest BCUT2D eigenvalue weighted by atomic mass is 16.5. The molecule has 0 spiro atoms. The van der Waals surface area contributed by atoms with Crippen molar-refractivity contribution in [2.45, 2.75) is 51.6 Å². The minimum atomic E-state index is -0.897. The lowest BCUT2D eigenvalue weighted by Crippen LogP contribution is -2.53. The summed E-state index contributed by atoms with van der Waals surface area (Å²) in [4.78, 5) is 49.9. The second-order valence-corrected chi connectivity index (χ2v) is 8.73. The Morgan fingerprint density at radius 2 is 1.41 bits per heavy atom. The molecule has 0 bridgehead atoms. The van der Waals surface area contributed by atoms with Gasteiger partial charge in [-0.15, -0.1) is 0 Å². The first-order valence-electron chi connectivity index (χ1n) is 11.6. The van der Waals surface area contributed by atoms with Crippen molar-refractivity contribution in [2.75, 3.05) is 7.11 Å². The number of carbonyl (C=O) groups excluding carboxylic acids is 4. The van der Waals surface area contributed by atoms with Crippen LogP contribution in [-0.2, 0) is 36.8 Å². The molecule has 0 saturated carbocycles. The van der Waals surface area contributed by atoms with Crippen LogP contribution in [0, 0.1) is 11.8 Å². The summed E-state index contributed by atoms with van der Waals surface area (Å²) in [6, 6.07) is 17.1. The fourth-order valence-electron chi connectivity index (χ4n) is 3.67. The normalized spacial score (nSPS) is 13.4. The molecule has 0 unspecified atom stereocenters. The fraction of sp³-hybridized carbons (Fsp3) is 0.407. The molecule has 7 heteroatoms. The number of amides is 2. The molecule has 0 radical (unpaired) electrons. The van der Waals surface area contributed by atoms with Gasteiger partial charge in [0.1, 0.15) is 18.4 Å². The summed E-state index contributed by atoms with van der Waals surface area (Å²) in [6.45, 7) is 3.86. The van der Waals surface area contributed by atoms with Crippen LogP contribution in [0.15, 0.2) is 60.7 Å². The van der Waals surface area contributed by atoms with Gasteiger partial charge in [-0.3, -0.25) is 9.59 Å².